The molecular formula is C19H26N4O2. The Kier molecular flexibility index (Phi) is 6.06. The quantitative estimate of drug-likeness (QED) is 0.575. The number of guanidine groups is 1. The molecule has 0 spiro atoms. The van der Waals surface area contributed by atoms with Crippen molar-refractivity contribution in [2.45, 2.75) is 51.3 Å². The highest BCUT2D eigenvalue weighted by molar-refractivity contribution is 5.80. The van der Waals surface area contributed by atoms with Gasteiger partial charge < -0.3 is 20.3 Å². The first kappa shape index (κ1) is 17.5. The second-order valence-electron chi connectivity index (χ2n) is 6.39. The molecule has 1 heterocycles. The fraction of sp³-hybridized carbons (Fsp3) is 0.474. The number of nitrogens with zero attached hydrogens (tertiary/aromatic N) is 2. The van der Waals surface area contributed by atoms with E-state index in [1.54, 1.807) is 0 Å². The van der Waals surface area contributed by atoms with Crippen LogP contribution in [0.5, 0.6) is 0 Å². The van der Waals surface area contributed by atoms with Gasteiger partial charge in [-0.15, -0.1) is 0 Å². The summed E-state index contributed by atoms with van der Waals surface area (Å²) in [6.45, 7) is 3.31. The highest BCUT2D eigenvalue weighted by Crippen LogP contribution is 2.20. The second kappa shape index (κ2) is 8.67. The van der Waals surface area contributed by atoms with Crippen LogP contribution in [-0.2, 0) is 6.54 Å². The fourth-order valence-electron chi connectivity index (χ4n) is 3.02. The van der Waals surface area contributed by atoms with E-state index in [0.29, 0.717) is 12.6 Å². The largest absolute Gasteiger partial charge is 0.393 e. The molecule has 0 saturated heterocycles. The summed E-state index contributed by atoms with van der Waals surface area (Å²) in [5.74, 6) is 1.54. The van der Waals surface area contributed by atoms with Gasteiger partial charge in [-0.05, 0) is 32.6 Å². The summed E-state index contributed by atoms with van der Waals surface area (Å²) in [4.78, 5) is 4.61. The van der Waals surface area contributed by atoms with Crippen LogP contribution in [-0.4, -0.2) is 34.9 Å². The van der Waals surface area contributed by atoms with Crippen molar-refractivity contribution in [3.8, 4) is 11.3 Å². The summed E-state index contributed by atoms with van der Waals surface area (Å²) in [6, 6.07) is 12.2. The summed E-state index contributed by atoms with van der Waals surface area (Å²) in [7, 11) is 0. The predicted octanol–water partition coefficient (Wildman–Crippen LogP) is 2.70. The molecule has 1 fully saturated rings. The lowest BCUT2D eigenvalue weighted by molar-refractivity contribution is 0.120. The highest BCUT2D eigenvalue weighted by Gasteiger charge is 2.20. The van der Waals surface area contributed by atoms with Crippen LogP contribution >= 0.6 is 0 Å². The molecule has 3 rings (SSSR count). The highest BCUT2D eigenvalue weighted by atomic mass is 16.5. The Morgan fingerprint density at radius 2 is 2.00 bits per heavy atom. The van der Waals surface area contributed by atoms with Crippen molar-refractivity contribution in [2.24, 2.45) is 4.99 Å². The lowest BCUT2D eigenvalue weighted by Gasteiger charge is -2.27. The monoisotopic (exact) mass is 342 g/mol. The van der Waals surface area contributed by atoms with Gasteiger partial charge in [-0.25, -0.2) is 4.99 Å². The van der Waals surface area contributed by atoms with E-state index in [1.165, 1.54) is 0 Å². The van der Waals surface area contributed by atoms with Crippen LogP contribution in [0.25, 0.3) is 11.3 Å². The molecular weight excluding hydrogens is 316 g/mol. The van der Waals surface area contributed by atoms with E-state index in [-0.39, 0.29) is 6.10 Å². The van der Waals surface area contributed by atoms with Gasteiger partial charge in [-0.2, -0.15) is 0 Å². The molecule has 0 radical (unpaired) electrons. The molecule has 0 bridgehead atoms. The smallest absolute Gasteiger partial charge is 0.191 e. The van der Waals surface area contributed by atoms with Crippen molar-refractivity contribution in [1.82, 2.24) is 15.8 Å². The van der Waals surface area contributed by atoms with E-state index in [9.17, 15) is 5.11 Å². The van der Waals surface area contributed by atoms with Crippen molar-refractivity contribution in [2.75, 3.05) is 6.54 Å². The van der Waals surface area contributed by atoms with Crippen LogP contribution in [0.1, 0.15) is 38.3 Å². The Morgan fingerprint density at radius 1 is 1.24 bits per heavy atom. The number of hydrogen-bond acceptors (Lipinski definition) is 4. The lowest BCUT2D eigenvalue weighted by Crippen LogP contribution is -2.45. The molecule has 0 aliphatic heterocycles. The molecule has 3 N–H and O–H groups in total. The number of hydrogen-bond donors (Lipinski definition) is 3. The molecule has 6 nitrogen and oxygen atoms in total. The van der Waals surface area contributed by atoms with Crippen molar-refractivity contribution in [1.29, 1.82) is 0 Å². The average molecular weight is 342 g/mol. The topological polar surface area (TPSA) is 82.7 Å². The fourth-order valence-corrected chi connectivity index (χ4v) is 3.02. The Bertz CT molecular complexity index is 676. The van der Waals surface area contributed by atoms with Crippen molar-refractivity contribution in [3.05, 3.63) is 42.1 Å². The predicted molar refractivity (Wildman–Crippen MR) is 98.2 cm³/mol. The maximum atomic E-state index is 9.62. The molecule has 25 heavy (non-hydrogen) atoms. The Labute approximate surface area is 148 Å². The number of nitrogens with one attached hydrogen (secondary N) is 2. The summed E-state index contributed by atoms with van der Waals surface area (Å²) in [5, 5.41) is 20.5. The number of aliphatic hydroxyl groups is 1. The van der Waals surface area contributed by atoms with Gasteiger partial charge in [-0.3, -0.25) is 0 Å². The number of rotatable bonds is 5. The molecule has 0 amide bonds. The molecule has 1 saturated carbocycles. The third-order valence-corrected chi connectivity index (χ3v) is 4.40. The lowest BCUT2D eigenvalue weighted by atomic mass is 9.93. The molecule has 1 aliphatic carbocycles. The van der Waals surface area contributed by atoms with E-state index >= 15 is 0 Å². The molecule has 0 atom stereocenters. The van der Waals surface area contributed by atoms with E-state index in [0.717, 1.165) is 55.2 Å². The third-order valence-electron chi connectivity index (χ3n) is 4.40. The molecule has 1 aromatic carbocycles. The van der Waals surface area contributed by atoms with Gasteiger partial charge in [0, 0.05) is 24.2 Å². The van der Waals surface area contributed by atoms with Crippen molar-refractivity contribution >= 4 is 5.96 Å². The number of aliphatic imine (C=N–C) groups is 1. The minimum atomic E-state index is -0.149. The SMILES string of the molecule is CCNC(=NCc1cc(-c2ccccc2)on1)NC1CCC(O)CC1. The summed E-state index contributed by atoms with van der Waals surface area (Å²) >= 11 is 0. The maximum absolute atomic E-state index is 9.62. The summed E-state index contributed by atoms with van der Waals surface area (Å²) in [6.07, 6.45) is 3.48. The Morgan fingerprint density at radius 3 is 2.72 bits per heavy atom. The minimum Gasteiger partial charge on any atom is -0.393 e. The van der Waals surface area contributed by atoms with Gasteiger partial charge >= 0.3 is 0 Å². The molecule has 2 aromatic rings. The van der Waals surface area contributed by atoms with Crippen LogP contribution in [0.15, 0.2) is 45.9 Å². The number of benzene rings is 1. The zero-order valence-electron chi connectivity index (χ0n) is 14.6. The van der Waals surface area contributed by atoms with E-state index in [1.807, 2.05) is 43.3 Å². The van der Waals surface area contributed by atoms with Crippen molar-refractivity contribution < 1.29 is 9.63 Å². The van der Waals surface area contributed by atoms with Gasteiger partial charge in [0.1, 0.15) is 5.69 Å². The van der Waals surface area contributed by atoms with E-state index < -0.39 is 0 Å². The summed E-state index contributed by atoms with van der Waals surface area (Å²) < 4.78 is 5.42. The van der Waals surface area contributed by atoms with Crippen LogP contribution < -0.4 is 10.6 Å². The maximum Gasteiger partial charge on any atom is 0.191 e. The van der Waals surface area contributed by atoms with Crippen molar-refractivity contribution in [3.63, 3.8) is 0 Å². The standard InChI is InChI=1S/C19H26N4O2/c1-2-20-19(22-15-8-10-17(24)11-9-15)21-13-16-12-18(25-23-16)14-6-4-3-5-7-14/h3-7,12,15,17,24H,2,8-11,13H2,1H3,(H2,20,21,22). The summed E-state index contributed by atoms with van der Waals surface area (Å²) in [5.41, 5.74) is 1.81. The van der Waals surface area contributed by atoms with Crippen LogP contribution in [0.4, 0.5) is 0 Å². The number of aliphatic hydroxyl groups excluding tert-OH is 1. The van der Waals surface area contributed by atoms with Gasteiger partial charge in [0.2, 0.25) is 0 Å². The first-order valence-electron chi connectivity index (χ1n) is 8.98. The minimum absolute atomic E-state index is 0.149. The molecule has 134 valence electrons. The van der Waals surface area contributed by atoms with Crippen LogP contribution in [0.2, 0.25) is 0 Å². The van der Waals surface area contributed by atoms with Crippen LogP contribution in [0, 0.1) is 0 Å². The zero-order chi connectivity index (χ0) is 17.5. The Balaban J connectivity index is 1.60. The average Bonchev–Trinajstić information content (AvgIpc) is 3.12. The second-order valence-corrected chi connectivity index (χ2v) is 6.39. The zero-order valence-corrected chi connectivity index (χ0v) is 14.6. The van der Waals surface area contributed by atoms with Gasteiger partial charge in [-0.1, -0.05) is 35.5 Å². The van der Waals surface area contributed by atoms with Gasteiger partial charge in [0.05, 0.1) is 12.6 Å². The Hall–Kier alpha value is -2.34. The number of aromatic nitrogens is 1. The van der Waals surface area contributed by atoms with E-state index in [4.69, 9.17) is 4.52 Å². The molecule has 1 aliphatic rings. The first-order chi connectivity index (χ1) is 12.2. The van der Waals surface area contributed by atoms with E-state index in [2.05, 4.69) is 20.8 Å². The third kappa shape index (κ3) is 5.06. The normalized spacial score (nSPS) is 21.1. The van der Waals surface area contributed by atoms with Gasteiger partial charge in [0.15, 0.2) is 11.7 Å². The molecule has 1 aromatic heterocycles. The van der Waals surface area contributed by atoms with Crippen LogP contribution in [0.3, 0.4) is 0 Å². The van der Waals surface area contributed by atoms with Gasteiger partial charge in [0.25, 0.3) is 0 Å². The molecule has 6 heteroatoms. The first-order valence-corrected chi connectivity index (χ1v) is 8.98. The molecule has 0 unspecified atom stereocenters.